The fourth-order valence-corrected chi connectivity index (χ4v) is 2.71. The molecule has 0 unspecified atom stereocenters. The Balaban J connectivity index is 2.06. The van der Waals surface area contributed by atoms with E-state index in [1.54, 1.807) is 18.2 Å². The van der Waals surface area contributed by atoms with Crippen LogP contribution in [0.3, 0.4) is 0 Å². The SMILES string of the molecule is C[C@H](C(=O)Nc1cccc(C#N)c1)N1CCC[C@@](O)(C(F)(F)F)C1. The second kappa shape index (κ2) is 6.79. The molecule has 0 saturated carbocycles. The Morgan fingerprint density at radius 3 is 2.83 bits per heavy atom. The average molecular weight is 341 g/mol. The molecular weight excluding hydrogens is 323 g/mol. The summed E-state index contributed by atoms with van der Waals surface area (Å²) in [6, 6.07) is 7.34. The highest BCUT2D eigenvalue weighted by Crippen LogP contribution is 2.37. The van der Waals surface area contributed by atoms with Crippen LogP contribution in [0.4, 0.5) is 18.9 Å². The van der Waals surface area contributed by atoms with Gasteiger partial charge in [-0.05, 0) is 44.5 Å². The van der Waals surface area contributed by atoms with Gasteiger partial charge in [-0.3, -0.25) is 9.69 Å². The number of carbonyl (C=O) groups excluding carboxylic acids is 1. The van der Waals surface area contributed by atoms with Crippen molar-refractivity contribution in [3.8, 4) is 6.07 Å². The van der Waals surface area contributed by atoms with E-state index in [0.29, 0.717) is 17.8 Å². The smallest absolute Gasteiger partial charge is 0.379 e. The predicted octanol–water partition coefficient (Wildman–Crippen LogP) is 2.27. The molecule has 0 spiro atoms. The summed E-state index contributed by atoms with van der Waals surface area (Å²) in [7, 11) is 0. The van der Waals surface area contributed by atoms with E-state index < -0.39 is 30.3 Å². The summed E-state index contributed by atoms with van der Waals surface area (Å²) in [5, 5.41) is 21.3. The van der Waals surface area contributed by atoms with Crippen molar-refractivity contribution >= 4 is 11.6 Å². The van der Waals surface area contributed by atoms with Gasteiger partial charge in [0, 0.05) is 12.2 Å². The average Bonchev–Trinajstić information content (AvgIpc) is 2.53. The molecule has 1 aliphatic rings. The zero-order valence-corrected chi connectivity index (χ0v) is 13.1. The molecule has 0 aliphatic carbocycles. The van der Waals surface area contributed by atoms with Crippen molar-refractivity contribution in [2.45, 2.75) is 37.6 Å². The molecule has 1 heterocycles. The number of hydrogen-bond acceptors (Lipinski definition) is 4. The Kier molecular flexibility index (Phi) is 5.16. The van der Waals surface area contributed by atoms with Crippen LogP contribution in [0.15, 0.2) is 24.3 Å². The van der Waals surface area contributed by atoms with Crippen molar-refractivity contribution in [3.63, 3.8) is 0 Å². The number of anilines is 1. The van der Waals surface area contributed by atoms with Crippen LogP contribution < -0.4 is 5.32 Å². The summed E-state index contributed by atoms with van der Waals surface area (Å²) in [4.78, 5) is 13.6. The molecule has 1 aromatic rings. The van der Waals surface area contributed by atoms with Gasteiger partial charge in [0.25, 0.3) is 0 Å². The van der Waals surface area contributed by atoms with Crippen LogP contribution in [0.25, 0.3) is 0 Å². The lowest BCUT2D eigenvalue weighted by atomic mass is 9.91. The normalized spacial score (nSPS) is 23.3. The Morgan fingerprint density at radius 1 is 1.50 bits per heavy atom. The molecule has 1 fully saturated rings. The summed E-state index contributed by atoms with van der Waals surface area (Å²) in [5.74, 6) is -0.489. The van der Waals surface area contributed by atoms with Crippen LogP contribution in [-0.4, -0.2) is 46.8 Å². The maximum absolute atomic E-state index is 13.0. The van der Waals surface area contributed by atoms with Gasteiger partial charge in [0.15, 0.2) is 5.60 Å². The van der Waals surface area contributed by atoms with Crippen molar-refractivity contribution in [3.05, 3.63) is 29.8 Å². The quantitative estimate of drug-likeness (QED) is 0.884. The minimum Gasteiger partial charge on any atom is -0.379 e. The number of nitrogens with one attached hydrogen (secondary N) is 1. The summed E-state index contributed by atoms with van der Waals surface area (Å²) < 4.78 is 39.0. The molecular formula is C16H18F3N3O2. The number of hydrogen-bond donors (Lipinski definition) is 2. The molecule has 0 aromatic heterocycles. The molecule has 2 atom stereocenters. The first-order chi connectivity index (χ1) is 11.2. The van der Waals surface area contributed by atoms with E-state index in [4.69, 9.17) is 5.26 Å². The number of β-amino-alcohol motifs (C(OH)–C–C–N with tert-alkyl or cyclic N) is 1. The van der Waals surface area contributed by atoms with Gasteiger partial charge in [-0.15, -0.1) is 0 Å². The number of likely N-dealkylation sites (tertiary alicyclic amines) is 1. The molecule has 1 amide bonds. The van der Waals surface area contributed by atoms with E-state index in [2.05, 4.69) is 5.32 Å². The molecule has 1 saturated heterocycles. The second-order valence-corrected chi connectivity index (χ2v) is 5.96. The van der Waals surface area contributed by atoms with E-state index in [9.17, 15) is 23.1 Å². The summed E-state index contributed by atoms with van der Waals surface area (Å²) in [6.07, 6.45) is -4.95. The van der Waals surface area contributed by atoms with Crippen molar-refractivity contribution in [1.82, 2.24) is 4.90 Å². The van der Waals surface area contributed by atoms with E-state index in [0.717, 1.165) is 0 Å². The van der Waals surface area contributed by atoms with Gasteiger partial charge in [0.1, 0.15) is 0 Å². The third kappa shape index (κ3) is 3.86. The molecule has 0 radical (unpaired) electrons. The van der Waals surface area contributed by atoms with Gasteiger partial charge in [-0.25, -0.2) is 0 Å². The number of nitriles is 1. The Hall–Kier alpha value is -2.11. The van der Waals surface area contributed by atoms with Gasteiger partial charge in [0.05, 0.1) is 17.7 Å². The standard InChI is InChI=1S/C16H18F3N3O2/c1-11(14(23)21-13-5-2-4-12(8-13)9-20)22-7-3-6-15(24,10-22)16(17,18)19/h2,4-5,8,11,24H,3,6-7,10H2,1H3,(H,21,23)/t11-,15+/m1/s1. The number of amides is 1. The molecule has 2 rings (SSSR count). The Morgan fingerprint density at radius 2 is 2.21 bits per heavy atom. The number of aliphatic hydroxyl groups is 1. The highest BCUT2D eigenvalue weighted by atomic mass is 19.4. The second-order valence-electron chi connectivity index (χ2n) is 5.96. The van der Waals surface area contributed by atoms with Gasteiger partial charge < -0.3 is 10.4 Å². The number of rotatable bonds is 3. The molecule has 1 aliphatic heterocycles. The third-order valence-corrected chi connectivity index (χ3v) is 4.21. The summed E-state index contributed by atoms with van der Waals surface area (Å²) in [6.45, 7) is 1.15. The number of halogens is 3. The fraction of sp³-hybridized carbons (Fsp3) is 0.500. The van der Waals surface area contributed by atoms with Crippen molar-refractivity contribution < 1.29 is 23.1 Å². The van der Waals surface area contributed by atoms with Crippen LogP contribution in [-0.2, 0) is 4.79 Å². The topological polar surface area (TPSA) is 76.4 Å². The minimum absolute atomic E-state index is 0.150. The third-order valence-electron chi connectivity index (χ3n) is 4.21. The Bertz CT molecular complexity index is 657. The zero-order chi connectivity index (χ0) is 18.0. The molecule has 1 aromatic carbocycles. The minimum atomic E-state index is -4.73. The molecule has 130 valence electrons. The predicted molar refractivity (Wildman–Crippen MR) is 81.1 cm³/mol. The van der Waals surface area contributed by atoms with E-state index in [1.807, 2.05) is 6.07 Å². The molecule has 24 heavy (non-hydrogen) atoms. The van der Waals surface area contributed by atoms with E-state index in [-0.39, 0.29) is 12.8 Å². The van der Waals surface area contributed by atoms with Gasteiger partial charge >= 0.3 is 6.18 Å². The van der Waals surface area contributed by atoms with Crippen molar-refractivity contribution in [2.24, 2.45) is 0 Å². The monoisotopic (exact) mass is 341 g/mol. The number of piperidine rings is 1. The van der Waals surface area contributed by atoms with Crippen molar-refractivity contribution in [1.29, 1.82) is 5.26 Å². The summed E-state index contributed by atoms with van der Waals surface area (Å²) in [5.41, 5.74) is -2.03. The number of carbonyl (C=O) groups is 1. The molecule has 0 bridgehead atoms. The van der Waals surface area contributed by atoms with Crippen LogP contribution >= 0.6 is 0 Å². The lowest BCUT2D eigenvalue weighted by molar-refractivity contribution is -0.275. The fourth-order valence-electron chi connectivity index (χ4n) is 2.71. The van der Waals surface area contributed by atoms with Crippen molar-refractivity contribution in [2.75, 3.05) is 18.4 Å². The summed E-state index contributed by atoms with van der Waals surface area (Å²) >= 11 is 0. The highest BCUT2D eigenvalue weighted by Gasteiger charge is 2.55. The van der Waals surface area contributed by atoms with Crippen LogP contribution in [0.1, 0.15) is 25.3 Å². The van der Waals surface area contributed by atoms with Crippen LogP contribution in [0.5, 0.6) is 0 Å². The molecule has 5 nitrogen and oxygen atoms in total. The largest absolute Gasteiger partial charge is 0.418 e. The zero-order valence-electron chi connectivity index (χ0n) is 13.1. The number of nitrogens with zero attached hydrogens (tertiary/aromatic N) is 2. The number of alkyl halides is 3. The van der Waals surface area contributed by atoms with Gasteiger partial charge in [-0.1, -0.05) is 6.07 Å². The van der Waals surface area contributed by atoms with Gasteiger partial charge in [0.2, 0.25) is 5.91 Å². The van der Waals surface area contributed by atoms with Crippen LogP contribution in [0, 0.1) is 11.3 Å². The lowest BCUT2D eigenvalue weighted by Gasteiger charge is -2.42. The van der Waals surface area contributed by atoms with E-state index in [1.165, 1.54) is 17.9 Å². The Labute approximate surface area is 137 Å². The lowest BCUT2D eigenvalue weighted by Crippen LogP contribution is -2.60. The highest BCUT2D eigenvalue weighted by molar-refractivity contribution is 5.94. The maximum atomic E-state index is 13.0. The van der Waals surface area contributed by atoms with E-state index >= 15 is 0 Å². The molecule has 2 N–H and O–H groups in total. The van der Waals surface area contributed by atoms with Gasteiger partial charge in [-0.2, -0.15) is 18.4 Å². The molecule has 8 heteroatoms. The number of benzene rings is 1. The first-order valence-corrected chi connectivity index (χ1v) is 7.50. The van der Waals surface area contributed by atoms with Crippen LogP contribution in [0.2, 0.25) is 0 Å². The first-order valence-electron chi connectivity index (χ1n) is 7.50. The first kappa shape index (κ1) is 18.2. The maximum Gasteiger partial charge on any atom is 0.418 e.